The van der Waals surface area contributed by atoms with Crippen molar-refractivity contribution in [2.24, 2.45) is 7.05 Å². The zero-order valence-corrected chi connectivity index (χ0v) is 13.1. The van der Waals surface area contributed by atoms with Gasteiger partial charge in [-0.15, -0.1) is 10.2 Å². The summed E-state index contributed by atoms with van der Waals surface area (Å²) in [6.45, 7) is 2.17. The van der Waals surface area contributed by atoms with Crippen LogP contribution in [0.15, 0.2) is 24.5 Å². The molecule has 1 amide bonds. The Morgan fingerprint density at radius 1 is 1.39 bits per heavy atom. The molecule has 0 spiro atoms. The SMILES string of the molecule is COC[C@H](NC(=O)c1nnc2nc(C)ccn12)c1ccnn1C. The third-order valence-electron chi connectivity index (χ3n) is 3.48. The highest BCUT2D eigenvalue weighted by molar-refractivity contribution is 5.91. The van der Waals surface area contributed by atoms with Gasteiger partial charge in [0, 0.05) is 32.2 Å². The summed E-state index contributed by atoms with van der Waals surface area (Å²) < 4.78 is 8.44. The lowest BCUT2D eigenvalue weighted by molar-refractivity contribution is 0.0880. The van der Waals surface area contributed by atoms with E-state index in [1.807, 2.05) is 20.0 Å². The fraction of sp³-hybridized carbons (Fsp3) is 0.357. The smallest absolute Gasteiger partial charge is 0.290 e. The van der Waals surface area contributed by atoms with Crippen LogP contribution in [0.3, 0.4) is 0 Å². The van der Waals surface area contributed by atoms with E-state index < -0.39 is 0 Å². The Balaban J connectivity index is 1.87. The molecule has 0 fully saturated rings. The summed E-state index contributed by atoms with van der Waals surface area (Å²) in [5, 5.41) is 14.9. The number of ether oxygens (including phenoxy) is 1. The van der Waals surface area contributed by atoms with Crippen molar-refractivity contribution >= 4 is 11.7 Å². The van der Waals surface area contributed by atoms with E-state index in [0.717, 1.165) is 11.4 Å². The Labute approximate surface area is 132 Å². The van der Waals surface area contributed by atoms with E-state index in [1.165, 1.54) is 0 Å². The van der Waals surface area contributed by atoms with Crippen LogP contribution >= 0.6 is 0 Å². The van der Waals surface area contributed by atoms with Gasteiger partial charge in [0.25, 0.3) is 11.7 Å². The van der Waals surface area contributed by atoms with Gasteiger partial charge in [-0.1, -0.05) is 0 Å². The summed E-state index contributed by atoms with van der Waals surface area (Å²) >= 11 is 0. The Bertz CT molecular complexity index is 839. The van der Waals surface area contributed by atoms with Crippen molar-refractivity contribution in [1.29, 1.82) is 0 Å². The predicted octanol–water partition coefficient (Wildman–Crippen LogP) is 0.284. The topological polar surface area (TPSA) is 99.2 Å². The summed E-state index contributed by atoms with van der Waals surface area (Å²) in [4.78, 5) is 16.8. The Kier molecular flexibility index (Phi) is 4.02. The molecule has 3 heterocycles. The minimum atomic E-state index is -0.355. The van der Waals surface area contributed by atoms with Crippen LogP contribution in [0, 0.1) is 6.92 Å². The molecule has 0 bridgehead atoms. The van der Waals surface area contributed by atoms with Crippen molar-refractivity contribution in [3.63, 3.8) is 0 Å². The highest BCUT2D eigenvalue weighted by Crippen LogP contribution is 2.13. The first-order valence-corrected chi connectivity index (χ1v) is 7.06. The van der Waals surface area contributed by atoms with E-state index in [9.17, 15) is 4.79 Å². The Morgan fingerprint density at radius 2 is 2.22 bits per heavy atom. The van der Waals surface area contributed by atoms with E-state index in [-0.39, 0.29) is 17.8 Å². The molecule has 0 aromatic carbocycles. The molecule has 0 aliphatic carbocycles. The molecule has 0 radical (unpaired) electrons. The molecular formula is C14H17N7O2. The average Bonchev–Trinajstić information content (AvgIpc) is 3.12. The third-order valence-corrected chi connectivity index (χ3v) is 3.48. The number of aryl methyl sites for hydroxylation is 2. The fourth-order valence-electron chi connectivity index (χ4n) is 2.35. The molecule has 1 N–H and O–H groups in total. The van der Waals surface area contributed by atoms with Gasteiger partial charge in [-0.3, -0.25) is 13.9 Å². The van der Waals surface area contributed by atoms with Crippen molar-refractivity contribution in [2.45, 2.75) is 13.0 Å². The van der Waals surface area contributed by atoms with Crippen LogP contribution in [0.25, 0.3) is 5.78 Å². The van der Waals surface area contributed by atoms with Crippen LogP contribution in [0.5, 0.6) is 0 Å². The van der Waals surface area contributed by atoms with Crippen LogP contribution < -0.4 is 5.32 Å². The Morgan fingerprint density at radius 3 is 2.91 bits per heavy atom. The molecule has 0 aliphatic rings. The number of aromatic nitrogens is 6. The first kappa shape index (κ1) is 15.1. The molecule has 23 heavy (non-hydrogen) atoms. The maximum atomic E-state index is 12.5. The summed E-state index contributed by atoms with van der Waals surface area (Å²) in [6, 6.07) is 3.28. The number of methoxy groups -OCH3 is 1. The van der Waals surface area contributed by atoms with Gasteiger partial charge in [0.05, 0.1) is 18.3 Å². The number of nitrogens with zero attached hydrogens (tertiary/aromatic N) is 6. The first-order chi connectivity index (χ1) is 11.1. The molecule has 9 nitrogen and oxygen atoms in total. The highest BCUT2D eigenvalue weighted by atomic mass is 16.5. The van der Waals surface area contributed by atoms with Crippen molar-refractivity contribution in [3.8, 4) is 0 Å². The van der Waals surface area contributed by atoms with Gasteiger partial charge < -0.3 is 10.1 Å². The minimum Gasteiger partial charge on any atom is -0.382 e. The molecule has 1 atom stereocenters. The molecule has 3 aromatic rings. The number of fused-ring (bicyclic) bond motifs is 1. The van der Waals surface area contributed by atoms with Crippen molar-refractivity contribution in [1.82, 2.24) is 34.7 Å². The van der Waals surface area contributed by atoms with Crippen LogP contribution in [-0.2, 0) is 11.8 Å². The van der Waals surface area contributed by atoms with Crippen LogP contribution in [-0.4, -0.2) is 49.0 Å². The second-order valence-electron chi connectivity index (χ2n) is 5.12. The van der Waals surface area contributed by atoms with Gasteiger partial charge in [-0.2, -0.15) is 5.10 Å². The van der Waals surface area contributed by atoms with Gasteiger partial charge >= 0.3 is 0 Å². The molecule has 120 valence electrons. The largest absolute Gasteiger partial charge is 0.382 e. The van der Waals surface area contributed by atoms with E-state index in [0.29, 0.717) is 12.4 Å². The number of nitrogens with one attached hydrogen (secondary N) is 1. The van der Waals surface area contributed by atoms with Gasteiger partial charge in [-0.25, -0.2) is 4.98 Å². The van der Waals surface area contributed by atoms with Crippen LogP contribution in [0.2, 0.25) is 0 Å². The van der Waals surface area contributed by atoms with Crippen LogP contribution in [0.1, 0.15) is 28.0 Å². The second kappa shape index (κ2) is 6.13. The van der Waals surface area contributed by atoms with E-state index in [4.69, 9.17) is 4.74 Å². The quantitative estimate of drug-likeness (QED) is 0.726. The van der Waals surface area contributed by atoms with E-state index in [2.05, 4.69) is 25.6 Å². The van der Waals surface area contributed by atoms with Crippen molar-refractivity contribution in [2.75, 3.05) is 13.7 Å². The van der Waals surface area contributed by atoms with Gasteiger partial charge in [0.2, 0.25) is 5.82 Å². The van der Waals surface area contributed by atoms with E-state index >= 15 is 0 Å². The van der Waals surface area contributed by atoms with Gasteiger partial charge in [0.15, 0.2) is 0 Å². The normalized spacial score (nSPS) is 12.5. The number of hydrogen-bond donors (Lipinski definition) is 1. The van der Waals surface area contributed by atoms with Gasteiger partial charge in [-0.05, 0) is 19.1 Å². The number of hydrogen-bond acceptors (Lipinski definition) is 6. The monoisotopic (exact) mass is 315 g/mol. The third kappa shape index (κ3) is 2.90. The highest BCUT2D eigenvalue weighted by Gasteiger charge is 2.22. The molecule has 3 rings (SSSR count). The van der Waals surface area contributed by atoms with Crippen molar-refractivity contribution in [3.05, 3.63) is 41.7 Å². The first-order valence-electron chi connectivity index (χ1n) is 7.06. The summed E-state index contributed by atoms with van der Waals surface area (Å²) in [5.41, 5.74) is 1.65. The summed E-state index contributed by atoms with van der Waals surface area (Å²) in [7, 11) is 3.39. The van der Waals surface area contributed by atoms with Crippen LogP contribution in [0.4, 0.5) is 0 Å². The number of carbonyl (C=O) groups is 1. The predicted molar refractivity (Wildman–Crippen MR) is 80.8 cm³/mol. The zero-order valence-electron chi connectivity index (χ0n) is 13.1. The lowest BCUT2D eigenvalue weighted by Crippen LogP contribution is -2.33. The summed E-state index contributed by atoms with van der Waals surface area (Å²) in [6.07, 6.45) is 3.39. The molecule has 3 aromatic heterocycles. The minimum absolute atomic E-state index is 0.177. The molecule has 0 saturated carbocycles. The lowest BCUT2D eigenvalue weighted by Gasteiger charge is -2.17. The standard InChI is InChI=1S/C14H17N7O2/c1-9-5-7-21-12(18-19-14(21)16-9)13(22)17-10(8-23-3)11-4-6-15-20(11)2/h4-7,10H,8H2,1-3H3,(H,17,22)/t10-/m0/s1. The Hall–Kier alpha value is -2.81. The summed E-state index contributed by atoms with van der Waals surface area (Å²) in [5.74, 6) is 0.209. The number of rotatable bonds is 5. The van der Waals surface area contributed by atoms with E-state index in [1.54, 1.807) is 34.7 Å². The van der Waals surface area contributed by atoms with Gasteiger partial charge in [0.1, 0.15) is 0 Å². The zero-order chi connectivity index (χ0) is 16.4. The maximum absolute atomic E-state index is 12.5. The molecular weight excluding hydrogens is 298 g/mol. The molecule has 0 unspecified atom stereocenters. The average molecular weight is 315 g/mol. The lowest BCUT2D eigenvalue weighted by atomic mass is 10.2. The molecule has 0 saturated heterocycles. The molecule has 0 aliphatic heterocycles. The number of amides is 1. The fourth-order valence-corrected chi connectivity index (χ4v) is 2.35. The molecule has 9 heteroatoms. The van der Waals surface area contributed by atoms with Crippen molar-refractivity contribution < 1.29 is 9.53 Å². The second-order valence-corrected chi connectivity index (χ2v) is 5.12. The maximum Gasteiger partial charge on any atom is 0.290 e. The number of carbonyl (C=O) groups excluding carboxylic acids is 1.